The Hall–Kier alpha value is -10.6. The number of hydrogen-bond acceptors (Lipinski definition) is 24. The second kappa shape index (κ2) is 24.8. The molecule has 0 saturated carbocycles. The molecule has 0 aliphatic carbocycles. The maximum absolute atomic E-state index is 10.7. The van der Waals surface area contributed by atoms with Crippen LogP contribution < -0.4 is 16.0 Å². The number of phenols is 3. The highest BCUT2D eigenvalue weighted by Gasteiger charge is 2.42. The minimum absolute atomic E-state index is 0.0140. The van der Waals surface area contributed by atoms with Crippen molar-refractivity contribution in [1.82, 2.24) is 116 Å². The molecule has 3 aliphatic rings. The Labute approximate surface area is 565 Å². The van der Waals surface area contributed by atoms with Gasteiger partial charge in [0.15, 0.2) is 11.6 Å². The fraction of sp³-hybridized carbons (Fsp3) is 0.400. The summed E-state index contributed by atoms with van der Waals surface area (Å²) < 4.78 is 7.40. The fourth-order valence-corrected chi connectivity index (χ4v) is 15.0. The lowest BCUT2D eigenvalue weighted by atomic mass is 9.79. The largest absolute Gasteiger partial charge is 0.507 e. The van der Waals surface area contributed by atoms with Crippen LogP contribution in [0.15, 0.2) is 116 Å². The van der Waals surface area contributed by atoms with Crippen molar-refractivity contribution in [3.05, 3.63) is 116 Å². The first-order valence-electron chi connectivity index (χ1n) is 32.6. The Morgan fingerprint density at radius 3 is 1.07 bits per heavy atom. The molecule has 3 fully saturated rings. The molecule has 3 aromatic carbocycles. The number of pyridine rings is 1. The van der Waals surface area contributed by atoms with E-state index in [-0.39, 0.29) is 80.1 Å². The maximum Gasteiger partial charge on any atom is 0.201 e. The maximum atomic E-state index is 10.7. The second-order valence-corrected chi connectivity index (χ2v) is 30.0. The summed E-state index contributed by atoms with van der Waals surface area (Å²) >= 11 is 0. The predicted molar refractivity (Wildman–Crippen MR) is 369 cm³/mol. The van der Waals surface area contributed by atoms with Crippen LogP contribution in [0, 0.1) is 0 Å². The van der Waals surface area contributed by atoms with Gasteiger partial charge >= 0.3 is 0 Å². The third kappa shape index (κ3) is 14.1. The van der Waals surface area contributed by atoms with Gasteiger partial charge in [-0.05, 0) is 194 Å². The predicted octanol–water partition coefficient (Wildman–Crippen LogP) is 10.6. The van der Waals surface area contributed by atoms with Gasteiger partial charge in [-0.25, -0.2) is 24.0 Å². The van der Waals surface area contributed by atoms with Gasteiger partial charge in [-0.3, -0.25) is 9.67 Å². The molecule has 0 radical (unpaired) electrons. The third-order valence-corrected chi connectivity index (χ3v) is 18.0. The summed E-state index contributed by atoms with van der Waals surface area (Å²) in [6.07, 6.45) is 13.1. The molecule has 0 atom stereocenters. The molecule has 15 rings (SSSR count). The number of aromatic nitrogens is 20. The Morgan fingerprint density at radius 1 is 0.357 bits per heavy atom. The molecule has 98 heavy (non-hydrogen) atoms. The molecule has 3 saturated heterocycles. The SMILES string of the molecule is CC1(C)CC(n2nnc3cc(-c4ccc(-c5ccc(O)cn5)cc4O)nnc32)CC(C)(C)N1.CC1(C)CC(n2nnc3cc(-c4ccc(-c5ncc(O)cn5)cc4O)nnc32)CC(C)(C)N1.Cn1cc(-c2ccc(-c3cc4nnn(C5CC(C)(C)NC(C)(C)C5)c4nn3)c(O)c2)cn1. The van der Waals surface area contributed by atoms with E-state index in [1.807, 2.05) is 51.6 Å². The number of benzene rings is 3. The molecule has 9 aromatic heterocycles. The van der Waals surface area contributed by atoms with E-state index in [1.54, 1.807) is 71.5 Å². The Balaban J connectivity index is 0.000000132. The van der Waals surface area contributed by atoms with Gasteiger partial charge in [0, 0.05) is 79.9 Å². The smallest absolute Gasteiger partial charge is 0.201 e. The summed E-state index contributed by atoms with van der Waals surface area (Å²) in [5, 5.41) is 119. The number of aryl methyl sites for hydroxylation is 1. The van der Waals surface area contributed by atoms with Crippen molar-refractivity contribution in [1.29, 1.82) is 0 Å². The van der Waals surface area contributed by atoms with Crippen molar-refractivity contribution in [3.63, 3.8) is 0 Å². The molecular formula is C70H81N23O5. The molecular weight excluding hydrogens is 1240 g/mol. The van der Waals surface area contributed by atoms with E-state index in [4.69, 9.17) is 0 Å². The first kappa shape index (κ1) is 66.1. The number of aromatic hydroxyl groups is 5. The molecule has 12 aromatic rings. The summed E-state index contributed by atoms with van der Waals surface area (Å²) in [6.45, 7) is 26.4. The summed E-state index contributed by atoms with van der Waals surface area (Å²) in [4.78, 5) is 12.3. The summed E-state index contributed by atoms with van der Waals surface area (Å²) in [5.74, 6) is 0.680. The Morgan fingerprint density at radius 2 is 0.714 bits per heavy atom. The van der Waals surface area contributed by atoms with Crippen molar-refractivity contribution in [2.24, 2.45) is 7.05 Å². The first-order chi connectivity index (χ1) is 46.3. The monoisotopic (exact) mass is 1320 g/mol. The zero-order chi connectivity index (χ0) is 69.4. The van der Waals surface area contributed by atoms with Gasteiger partial charge in [-0.2, -0.15) is 5.10 Å². The molecule has 8 N–H and O–H groups in total. The third-order valence-electron chi connectivity index (χ3n) is 18.0. The molecule has 0 amide bonds. The number of nitrogens with zero attached hydrogens (tertiary/aromatic N) is 20. The number of nitrogens with one attached hydrogen (secondary N) is 3. The molecule has 506 valence electrons. The number of fused-ring (bicyclic) bond motifs is 3. The second-order valence-electron chi connectivity index (χ2n) is 30.0. The Kier molecular flexibility index (Phi) is 16.7. The topological polar surface area (TPSA) is 363 Å². The van der Waals surface area contributed by atoms with E-state index in [1.165, 1.54) is 18.6 Å². The lowest BCUT2D eigenvalue weighted by molar-refractivity contribution is 0.126. The van der Waals surface area contributed by atoms with Crippen LogP contribution in [-0.2, 0) is 7.05 Å². The van der Waals surface area contributed by atoms with Crippen molar-refractivity contribution in [3.8, 4) is 96.3 Å². The van der Waals surface area contributed by atoms with Crippen molar-refractivity contribution < 1.29 is 25.5 Å². The number of phenolic OH excluding ortho intramolecular Hbond substituents is 3. The van der Waals surface area contributed by atoms with Gasteiger partial charge in [0.05, 0.1) is 65.7 Å². The first-order valence-corrected chi connectivity index (χ1v) is 32.6. The zero-order valence-electron chi connectivity index (χ0n) is 57.1. The summed E-state index contributed by atoms with van der Waals surface area (Å²) in [5.41, 5.74) is 10.8. The van der Waals surface area contributed by atoms with E-state index in [2.05, 4.69) is 181 Å². The van der Waals surface area contributed by atoms with Gasteiger partial charge < -0.3 is 41.5 Å². The van der Waals surface area contributed by atoms with Gasteiger partial charge in [0.1, 0.15) is 39.5 Å². The summed E-state index contributed by atoms with van der Waals surface area (Å²) in [7, 11) is 1.86. The molecule has 0 unspecified atom stereocenters. The standard InChI is InChI=1S/C24H27N7O2.C23H26N8O2.C23H28N8O/c1-23(2)11-15(12-24(3,4)29-23)31-22-20(27-30-31)10-19(26-28-22)17-7-5-14(9-21(17)33)18-8-6-16(32)13-25-18;1-22(2)9-14(10-23(3,4)29-22)31-21-18(27-30-31)8-17(26-28-21)16-6-5-13(7-19(16)33)20-24-11-15(32)12-25-20;1-22(2)10-16(11-23(3,4)28-22)31-21-19(26-29-31)9-18(25-27-21)17-7-6-14(8-20(17)32)15-12-24-30(5)13-15/h5-10,13,15,29,32-33H,11-12H2,1-4H3;5-8,11-12,14,29,32-33H,9-10H2,1-4H3;6-9,12-13,16,28,32H,10-11H2,1-5H3. The molecule has 28 nitrogen and oxygen atoms in total. The number of piperidine rings is 3. The minimum Gasteiger partial charge on any atom is -0.507 e. The molecule has 3 aliphatic heterocycles. The highest BCUT2D eigenvalue weighted by atomic mass is 16.3. The van der Waals surface area contributed by atoms with Gasteiger partial charge in [-0.1, -0.05) is 33.8 Å². The normalized spacial score (nSPS) is 18.1. The van der Waals surface area contributed by atoms with Crippen LogP contribution >= 0.6 is 0 Å². The Bertz CT molecular complexity index is 4680. The van der Waals surface area contributed by atoms with Crippen LogP contribution in [0.1, 0.15) is 140 Å². The molecule has 0 spiro atoms. The molecule has 0 bridgehead atoms. The van der Waals surface area contributed by atoms with Crippen LogP contribution in [0.5, 0.6) is 28.7 Å². The average Bonchev–Trinajstić information content (AvgIpc) is 1.55. The van der Waals surface area contributed by atoms with Crippen LogP contribution in [0.4, 0.5) is 0 Å². The molecule has 12 heterocycles. The van der Waals surface area contributed by atoms with E-state index in [0.717, 1.165) is 55.2 Å². The van der Waals surface area contributed by atoms with Gasteiger partial charge in [0.25, 0.3) is 0 Å². The highest BCUT2D eigenvalue weighted by Crippen LogP contribution is 2.42. The minimum atomic E-state index is -0.0349. The van der Waals surface area contributed by atoms with Crippen LogP contribution in [0.25, 0.3) is 101 Å². The van der Waals surface area contributed by atoms with Crippen molar-refractivity contribution in [2.45, 2.75) is 173 Å². The zero-order valence-corrected chi connectivity index (χ0v) is 57.1. The van der Waals surface area contributed by atoms with Crippen LogP contribution in [0.3, 0.4) is 0 Å². The van der Waals surface area contributed by atoms with E-state index >= 15 is 0 Å². The number of hydrogen-bond donors (Lipinski definition) is 8. The lowest BCUT2D eigenvalue weighted by Gasteiger charge is -2.46. The molecule has 28 heteroatoms. The van der Waals surface area contributed by atoms with E-state index in [0.29, 0.717) is 84.3 Å². The van der Waals surface area contributed by atoms with Gasteiger partial charge in [0.2, 0.25) is 16.9 Å². The van der Waals surface area contributed by atoms with E-state index < -0.39 is 0 Å². The van der Waals surface area contributed by atoms with Gasteiger partial charge in [-0.15, -0.1) is 45.9 Å². The van der Waals surface area contributed by atoms with Crippen molar-refractivity contribution in [2.75, 3.05) is 0 Å². The fourth-order valence-electron chi connectivity index (χ4n) is 15.0. The van der Waals surface area contributed by atoms with Crippen LogP contribution in [-0.4, -0.2) is 159 Å². The summed E-state index contributed by atoms with van der Waals surface area (Å²) in [6, 6.07) is 25.0. The highest BCUT2D eigenvalue weighted by molar-refractivity contribution is 5.82. The quantitative estimate of drug-likeness (QED) is 0.0665. The van der Waals surface area contributed by atoms with Crippen LogP contribution in [0.2, 0.25) is 0 Å². The average molecular weight is 1320 g/mol. The van der Waals surface area contributed by atoms with E-state index in [9.17, 15) is 25.5 Å². The van der Waals surface area contributed by atoms with Crippen molar-refractivity contribution >= 4 is 33.5 Å². The lowest BCUT2D eigenvalue weighted by Crippen LogP contribution is -2.58. The number of rotatable bonds is 9.